The summed E-state index contributed by atoms with van der Waals surface area (Å²) in [5, 5.41) is 3.71. The fourth-order valence-corrected chi connectivity index (χ4v) is 5.50. The van der Waals surface area contributed by atoms with E-state index in [1.54, 1.807) is 0 Å². The van der Waals surface area contributed by atoms with E-state index in [2.05, 4.69) is 25.0 Å². The molecule has 4 aliphatic heterocycles. The number of carbonyl (C=O) groups excluding carboxylic acids is 1. The van der Waals surface area contributed by atoms with Gasteiger partial charge in [-0.2, -0.15) is 0 Å². The molecule has 4 fully saturated rings. The minimum Gasteiger partial charge on any atom is -0.381 e. The number of hydrogen-bond acceptors (Lipinski definition) is 5. The normalized spacial score (nSPS) is 25.5. The highest BCUT2D eigenvalue weighted by Gasteiger charge is 2.40. The quantitative estimate of drug-likeness (QED) is 0.315. The molecule has 4 heterocycles. The van der Waals surface area contributed by atoms with Crippen molar-refractivity contribution in [1.82, 2.24) is 24.9 Å². The molecular formula is C22H41IN6O2. The number of guanidine groups is 1. The first-order valence-corrected chi connectivity index (χ1v) is 12.0. The summed E-state index contributed by atoms with van der Waals surface area (Å²) in [6.07, 6.45) is 7.15. The van der Waals surface area contributed by atoms with E-state index in [0.29, 0.717) is 12.5 Å². The molecule has 0 spiro atoms. The molecule has 4 aliphatic rings. The first kappa shape index (κ1) is 25.0. The van der Waals surface area contributed by atoms with Crippen molar-refractivity contribution in [3.8, 4) is 0 Å². The highest BCUT2D eigenvalue weighted by Crippen LogP contribution is 2.30. The van der Waals surface area contributed by atoms with Gasteiger partial charge in [-0.05, 0) is 51.6 Å². The lowest BCUT2D eigenvalue weighted by Gasteiger charge is -2.45. The van der Waals surface area contributed by atoms with Gasteiger partial charge in [0.25, 0.3) is 0 Å². The summed E-state index contributed by atoms with van der Waals surface area (Å²) in [5.74, 6) is 1.31. The van der Waals surface area contributed by atoms with Gasteiger partial charge >= 0.3 is 0 Å². The molecule has 0 unspecified atom stereocenters. The number of carbonyl (C=O) groups is 1. The molecule has 1 amide bonds. The van der Waals surface area contributed by atoms with E-state index < -0.39 is 0 Å². The highest BCUT2D eigenvalue weighted by molar-refractivity contribution is 14.0. The van der Waals surface area contributed by atoms with Gasteiger partial charge in [0.2, 0.25) is 5.91 Å². The Balaban J connectivity index is 0.00000272. The van der Waals surface area contributed by atoms with Crippen LogP contribution in [0.1, 0.15) is 38.5 Å². The zero-order chi connectivity index (χ0) is 20.8. The maximum Gasteiger partial charge on any atom is 0.236 e. The molecule has 0 radical (unpaired) electrons. The van der Waals surface area contributed by atoms with Crippen LogP contribution in [0.15, 0.2) is 4.99 Å². The summed E-state index contributed by atoms with van der Waals surface area (Å²) in [5.41, 5.74) is 0.203. The fraction of sp³-hybridized carbons (Fsp3) is 0.909. The van der Waals surface area contributed by atoms with Crippen molar-refractivity contribution in [2.45, 2.75) is 44.1 Å². The average Bonchev–Trinajstić information content (AvgIpc) is 3.51. The van der Waals surface area contributed by atoms with Crippen LogP contribution in [-0.4, -0.2) is 123 Å². The second-order valence-corrected chi connectivity index (χ2v) is 9.28. The van der Waals surface area contributed by atoms with Gasteiger partial charge in [-0.3, -0.25) is 19.6 Å². The van der Waals surface area contributed by atoms with Gasteiger partial charge in [0, 0.05) is 71.6 Å². The molecule has 8 nitrogen and oxygen atoms in total. The van der Waals surface area contributed by atoms with Crippen molar-refractivity contribution in [3.05, 3.63) is 0 Å². The standard InChI is InChI=1S/C22H40N6O2.HI/c1-23-21(24-19-22(6-16-30-17-7-22)28-10-4-5-11-28)27-14-12-25(13-15-27)18-20(29)26-8-2-3-9-26;/h2-19H2,1H3,(H,23,24);1H. The molecule has 31 heavy (non-hydrogen) atoms. The number of nitrogens with zero attached hydrogens (tertiary/aromatic N) is 5. The van der Waals surface area contributed by atoms with E-state index in [-0.39, 0.29) is 29.5 Å². The third-order valence-electron chi connectivity index (χ3n) is 7.48. The Kier molecular flexibility index (Phi) is 9.66. The Bertz CT molecular complexity index is 593. The Morgan fingerprint density at radius 2 is 1.52 bits per heavy atom. The third kappa shape index (κ3) is 6.23. The Morgan fingerprint density at radius 1 is 0.903 bits per heavy atom. The maximum absolute atomic E-state index is 12.4. The minimum atomic E-state index is 0. The van der Waals surface area contributed by atoms with E-state index in [0.717, 1.165) is 90.7 Å². The van der Waals surface area contributed by atoms with Crippen LogP contribution in [0.2, 0.25) is 0 Å². The lowest BCUT2D eigenvalue weighted by molar-refractivity contribution is -0.131. The van der Waals surface area contributed by atoms with Crippen LogP contribution < -0.4 is 5.32 Å². The summed E-state index contributed by atoms with van der Waals surface area (Å²) >= 11 is 0. The maximum atomic E-state index is 12.4. The van der Waals surface area contributed by atoms with E-state index >= 15 is 0 Å². The summed E-state index contributed by atoms with van der Waals surface area (Å²) < 4.78 is 5.68. The lowest BCUT2D eigenvalue weighted by atomic mass is 9.88. The summed E-state index contributed by atoms with van der Waals surface area (Å²) in [6.45, 7) is 11.2. The Hall–Kier alpha value is -0.650. The molecular weight excluding hydrogens is 507 g/mol. The molecule has 0 aromatic carbocycles. The van der Waals surface area contributed by atoms with Gasteiger partial charge in [-0.15, -0.1) is 24.0 Å². The van der Waals surface area contributed by atoms with E-state index in [9.17, 15) is 4.79 Å². The third-order valence-corrected chi connectivity index (χ3v) is 7.48. The number of aliphatic imine (C=N–C) groups is 1. The number of piperazine rings is 1. The second kappa shape index (κ2) is 12.0. The van der Waals surface area contributed by atoms with Crippen molar-refractivity contribution < 1.29 is 9.53 Å². The van der Waals surface area contributed by atoms with Crippen molar-refractivity contribution in [3.63, 3.8) is 0 Å². The van der Waals surface area contributed by atoms with Crippen molar-refractivity contribution >= 4 is 35.8 Å². The van der Waals surface area contributed by atoms with Gasteiger partial charge < -0.3 is 19.9 Å². The van der Waals surface area contributed by atoms with Gasteiger partial charge in [0.05, 0.1) is 6.54 Å². The number of likely N-dealkylation sites (tertiary alicyclic amines) is 2. The SMILES string of the molecule is CN=C(NCC1(N2CCCC2)CCOCC1)N1CCN(CC(=O)N2CCCC2)CC1.I. The summed E-state index contributed by atoms with van der Waals surface area (Å²) in [7, 11) is 1.89. The number of hydrogen-bond donors (Lipinski definition) is 1. The zero-order valence-corrected chi connectivity index (χ0v) is 21.5. The smallest absolute Gasteiger partial charge is 0.236 e. The number of nitrogens with one attached hydrogen (secondary N) is 1. The molecule has 4 saturated heterocycles. The van der Waals surface area contributed by atoms with E-state index in [4.69, 9.17) is 4.74 Å². The Labute approximate surface area is 204 Å². The predicted molar refractivity (Wildman–Crippen MR) is 134 cm³/mol. The van der Waals surface area contributed by atoms with Crippen LogP contribution in [0.3, 0.4) is 0 Å². The van der Waals surface area contributed by atoms with Crippen molar-refractivity contribution in [2.24, 2.45) is 4.99 Å². The fourth-order valence-electron chi connectivity index (χ4n) is 5.50. The number of amides is 1. The second-order valence-electron chi connectivity index (χ2n) is 9.28. The highest BCUT2D eigenvalue weighted by atomic mass is 127. The van der Waals surface area contributed by atoms with Crippen LogP contribution in [0.5, 0.6) is 0 Å². The van der Waals surface area contributed by atoms with Crippen molar-refractivity contribution in [2.75, 3.05) is 85.7 Å². The Morgan fingerprint density at radius 3 is 2.13 bits per heavy atom. The van der Waals surface area contributed by atoms with E-state index in [1.165, 1.54) is 25.9 Å². The van der Waals surface area contributed by atoms with Crippen LogP contribution in [0.4, 0.5) is 0 Å². The van der Waals surface area contributed by atoms with Crippen LogP contribution in [0, 0.1) is 0 Å². The van der Waals surface area contributed by atoms with Crippen LogP contribution in [0.25, 0.3) is 0 Å². The number of halogens is 1. The first-order valence-electron chi connectivity index (χ1n) is 12.0. The molecule has 0 bridgehead atoms. The lowest BCUT2D eigenvalue weighted by Crippen LogP contribution is -2.60. The summed E-state index contributed by atoms with van der Waals surface area (Å²) in [4.78, 5) is 26.4. The predicted octanol–water partition coefficient (Wildman–Crippen LogP) is 1.06. The van der Waals surface area contributed by atoms with Gasteiger partial charge in [-0.25, -0.2) is 0 Å². The molecule has 0 saturated carbocycles. The minimum absolute atomic E-state index is 0. The van der Waals surface area contributed by atoms with E-state index in [1.807, 2.05) is 11.9 Å². The summed E-state index contributed by atoms with van der Waals surface area (Å²) in [6, 6.07) is 0. The molecule has 0 aromatic rings. The van der Waals surface area contributed by atoms with Crippen molar-refractivity contribution in [1.29, 1.82) is 0 Å². The van der Waals surface area contributed by atoms with Gasteiger partial charge in [-0.1, -0.05) is 0 Å². The first-order chi connectivity index (χ1) is 14.7. The topological polar surface area (TPSA) is 63.7 Å². The molecule has 0 atom stereocenters. The molecule has 178 valence electrons. The zero-order valence-electron chi connectivity index (χ0n) is 19.2. The largest absolute Gasteiger partial charge is 0.381 e. The molecule has 9 heteroatoms. The van der Waals surface area contributed by atoms with Crippen LogP contribution >= 0.6 is 24.0 Å². The van der Waals surface area contributed by atoms with Crippen LogP contribution in [-0.2, 0) is 9.53 Å². The number of rotatable bonds is 5. The molecule has 1 N–H and O–H groups in total. The number of ether oxygens (including phenoxy) is 1. The van der Waals surface area contributed by atoms with Gasteiger partial charge in [0.1, 0.15) is 0 Å². The van der Waals surface area contributed by atoms with Gasteiger partial charge in [0.15, 0.2) is 5.96 Å². The molecule has 4 rings (SSSR count). The average molecular weight is 549 g/mol. The monoisotopic (exact) mass is 548 g/mol. The molecule has 0 aromatic heterocycles. The molecule has 0 aliphatic carbocycles.